The summed E-state index contributed by atoms with van der Waals surface area (Å²) in [4.78, 5) is 4.55. The number of rotatable bonds is 4. The van der Waals surface area contributed by atoms with Crippen LogP contribution in [-0.4, -0.2) is 48.8 Å². The molecule has 0 aliphatic carbocycles. The molecule has 0 radical (unpaired) electrons. The molecule has 0 spiro atoms. The van der Waals surface area contributed by atoms with Crippen LogP contribution in [0.4, 0.5) is 5.82 Å². The topological polar surface area (TPSA) is 58.3 Å². The van der Waals surface area contributed by atoms with Gasteiger partial charge in [0.1, 0.15) is 0 Å². The first-order valence-corrected chi connectivity index (χ1v) is 6.11. The lowest BCUT2D eigenvalue weighted by molar-refractivity contribution is 0.395. The van der Waals surface area contributed by atoms with Gasteiger partial charge in [-0.05, 0) is 32.0 Å². The highest BCUT2D eigenvalue weighted by Crippen LogP contribution is 2.20. The summed E-state index contributed by atoms with van der Waals surface area (Å²) in [5.41, 5.74) is 6.78. The number of anilines is 1. The maximum Gasteiger partial charge on any atom is 0.155 e. The van der Waals surface area contributed by atoms with Crippen LogP contribution in [0.5, 0.6) is 0 Å². The summed E-state index contributed by atoms with van der Waals surface area (Å²) in [5.74, 6) is 1.64. The van der Waals surface area contributed by atoms with Crippen LogP contribution >= 0.6 is 0 Å². The number of aromatic nitrogens is 2. The molecule has 2 rings (SSSR count). The van der Waals surface area contributed by atoms with Gasteiger partial charge in [0.2, 0.25) is 0 Å². The molecule has 94 valence electrons. The highest BCUT2D eigenvalue weighted by molar-refractivity contribution is 5.44. The molecule has 1 atom stereocenters. The second-order valence-electron chi connectivity index (χ2n) is 4.88. The largest absolute Gasteiger partial charge is 0.358 e. The van der Waals surface area contributed by atoms with Crippen LogP contribution < -0.4 is 10.6 Å². The Morgan fingerprint density at radius 1 is 1.59 bits per heavy atom. The fourth-order valence-corrected chi connectivity index (χ4v) is 2.48. The molecule has 17 heavy (non-hydrogen) atoms. The lowest BCUT2D eigenvalue weighted by atomic mass is 10.1. The van der Waals surface area contributed by atoms with Crippen molar-refractivity contribution in [3.63, 3.8) is 0 Å². The Kier molecular flexibility index (Phi) is 3.91. The SMILES string of the molecule is CN1CCC(CN(C)c2nnccc2CN)C1. The Bertz CT molecular complexity index is 368. The first-order valence-electron chi connectivity index (χ1n) is 6.11. The first-order chi connectivity index (χ1) is 8.20. The molecule has 0 bridgehead atoms. The molecule has 1 aliphatic heterocycles. The zero-order valence-corrected chi connectivity index (χ0v) is 10.6. The molecule has 5 heteroatoms. The molecule has 0 aromatic carbocycles. The third kappa shape index (κ3) is 2.92. The molecule has 1 fully saturated rings. The predicted molar refractivity (Wildman–Crippen MR) is 68.8 cm³/mol. The molecule has 1 aromatic rings. The van der Waals surface area contributed by atoms with Gasteiger partial charge in [-0.15, -0.1) is 5.10 Å². The quantitative estimate of drug-likeness (QED) is 0.814. The van der Waals surface area contributed by atoms with Crippen LogP contribution in [-0.2, 0) is 6.54 Å². The summed E-state index contributed by atoms with van der Waals surface area (Å²) in [6, 6.07) is 1.94. The van der Waals surface area contributed by atoms with Crippen LogP contribution in [0.3, 0.4) is 0 Å². The lowest BCUT2D eigenvalue weighted by Crippen LogP contribution is -2.29. The number of nitrogens with zero attached hydrogens (tertiary/aromatic N) is 4. The van der Waals surface area contributed by atoms with Gasteiger partial charge in [-0.2, -0.15) is 5.10 Å². The fourth-order valence-electron chi connectivity index (χ4n) is 2.48. The van der Waals surface area contributed by atoms with Gasteiger partial charge < -0.3 is 15.5 Å². The molecular weight excluding hydrogens is 214 g/mol. The van der Waals surface area contributed by atoms with Crippen molar-refractivity contribution in [1.82, 2.24) is 15.1 Å². The van der Waals surface area contributed by atoms with E-state index in [1.54, 1.807) is 6.20 Å². The highest BCUT2D eigenvalue weighted by Gasteiger charge is 2.21. The number of hydrogen-bond donors (Lipinski definition) is 1. The second-order valence-corrected chi connectivity index (χ2v) is 4.88. The summed E-state index contributed by atoms with van der Waals surface area (Å²) in [6.07, 6.45) is 2.96. The third-order valence-electron chi connectivity index (χ3n) is 3.38. The minimum absolute atomic E-state index is 0.514. The van der Waals surface area contributed by atoms with E-state index in [2.05, 4.69) is 34.1 Å². The molecule has 1 unspecified atom stereocenters. The second kappa shape index (κ2) is 5.42. The molecule has 0 saturated carbocycles. The van der Waals surface area contributed by atoms with E-state index in [4.69, 9.17) is 5.73 Å². The maximum atomic E-state index is 5.72. The summed E-state index contributed by atoms with van der Waals surface area (Å²) >= 11 is 0. The Morgan fingerprint density at radius 3 is 3.06 bits per heavy atom. The summed E-state index contributed by atoms with van der Waals surface area (Å²) < 4.78 is 0. The molecule has 0 amide bonds. The molecule has 2 N–H and O–H groups in total. The number of likely N-dealkylation sites (tertiary alicyclic amines) is 1. The fraction of sp³-hybridized carbons (Fsp3) is 0.667. The van der Waals surface area contributed by atoms with Gasteiger partial charge in [-0.1, -0.05) is 0 Å². The Hall–Kier alpha value is -1.20. The molecule has 5 nitrogen and oxygen atoms in total. The van der Waals surface area contributed by atoms with Gasteiger partial charge in [0, 0.05) is 32.2 Å². The van der Waals surface area contributed by atoms with E-state index in [-0.39, 0.29) is 0 Å². The van der Waals surface area contributed by atoms with Crippen LogP contribution in [0.2, 0.25) is 0 Å². The van der Waals surface area contributed by atoms with E-state index in [1.807, 2.05) is 6.07 Å². The van der Waals surface area contributed by atoms with E-state index >= 15 is 0 Å². The summed E-state index contributed by atoms with van der Waals surface area (Å²) in [6.45, 7) is 3.90. The van der Waals surface area contributed by atoms with Crippen molar-refractivity contribution in [2.24, 2.45) is 11.7 Å². The van der Waals surface area contributed by atoms with E-state index in [0.29, 0.717) is 6.54 Å². The monoisotopic (exact) mass is 235 g/mol. The van der Waals surface area contributed by atoms with Crippen molar-refractivity contribution < 1.29 is 0 Å². The van der Waals surface area contributed by atoms with E-state index in [9.17, 15) is 0 Å². The summed E-state index contributed by atoms with van der Waals surface area (Å²) in [7, 11) is 4.25. The van der Waals surface area contributed by atoms with E-state index < -0.39 is 0 Å². The number of hydrogen-bond acceptors (Lipinski definition) is 5. The molecule has 1 aromatic heterocycles. The van der Waals surface area contributed by atoms with Crippen LogP contribution in [0.15, 0.2) is 12.3 Å². The predicted octanol–water partition coefficient (Wildman–Crippen LogP) is 0.323. The average molecular weight is 235 g/mol. The van der Waals surface area contributed by atoms with Crippen molar-refractivity contribution in [3.05, 3.63) is 17.8 Å². The van der Waals surface area contributed by atoms with Gasteiger partial charge in [-0.3, -0.25) is 0 Å². The Labute approximate surface area is 103 Å². The Morgan fingerprint density at radius 2 is 2.41 bits per heavy atom. The highest BCUT2D eigenvalue weighted by atomic mass is 15.3. The van der Waals surface area contributed by atoms with Crippen LogP contribution in [0.1, 0.15) is 12.0 Å². The van der Waals surface area contributed by atoms with Crippen molar-refractivity contribution in [3.8, 4) is 0 Å². The van der Waals surface area contributed by atoms with Gasteiger partial charge in [-0.25, -0.2) is 0 Å². The maximum absolute atomic E-state index is 5.72. The Balaban J connectivity index is 2.01. The standard InChI is InChI=1S/C12H21N5/c1-16-6-4-10(8-16)9-17(2)12-11(7-13)3-5-14-15-12/h3,5,10H,4,6-9,13H2,1-2H3. The van der Waals surface area contributed by atoms with E-state index in [0.717, 1.165) is 23.8 Å². The van der Waals surface area contributed by atoms with Crippen molar-refractivity contribution in [2.75, 3.05) is 38.6 Å². The zero-order chi connectivity index (χ0) is 12.3. The molecular formula is C12H21N5. The van der Waals surface area contributed by atoms with E-state index in [1.165, 1.54) is 19.5 Å². The van der Waals surface area contributed by atoms with Crippen molar-refractivity contribution in [2.45, 2.75) is 13.0 Å². The average Bonchev–Trinajstić information content (AvgIpc) is 2.74. The third-order valence-corrected chi connectivity index (χ3v) is 3.38. The minimum atomic E-state index is 0.514. The van der Waals surface area contributed by atoms with Gasteiger partial charge in [0.25, 0.3) is 0 Å². The molecule has 2 heterocycles. The molecule has 1 aliphatic rings. The smallest absolute Gasteiger partial charge is 0.155 e. The zero-order valence-electron chi connectivity index (χ0n) is 10.6. The van der Waals surface area contributed by atoms with Gasteiger partial charge in [0.15, 0.2) is 5.82 Å². The lowest BCUT2D eigenvalue weighted by Gasteiger charge is -2.23. The van der Waals surface area contributed by atoms with Crippen LogP contribution in [0, 0.1) is 5.92 Å². The first kappa shape index (κ1) is 12.3. The normalized spacial score (nSPS) is 20.8. The van der Waals surface area contributed by atoms with Crippen molar-refractivity contribution in [1.29, 1.82) is 0 Å². The summed E-state index contributed by atoms with van der Waals surface area (Å²) in [5, 5.41) is 8.14. The van der Waals surface area contributed by atoms with Crippen molar-refractivity contribution >= 4 is 5.82 Å². The van der Waals surface area contributed by atoms with Gasteiger partial charge >= 0.3 is 0 Å². The van der Waals surface area contributed by atoms with Gasteiger partial charge in [0.05, 0.1) is 6.20 Å². The minimum Gasteiger partial charge on any atom is -0.358 e. The van der Waals surface area contributed by atoms with Crippen LogP contribution in [0.25, 0.3) is 0 Å². The molecule has 1 saturated heterocycles. The number of nitrogens with two attached hydrogens (primary N) is 1.